The number of nitrogens with zero attached hydrogens (tertiary/aromatic N) is 2. The van der Waals surface area contributed by atoms with Crippen LogP contribution in [0.5, 0.6) is 5.75 Å². The minimum Gasteiger partial charge on any atom is -0.492 e. The molecule has 1 aliphatic heterocycles. The number of hydrogen-bond donors (Lipinski definition) is 0. The molecule has 0 unspecified atom stereocenters. The molecule has 2 aromatic carbocycles. The maximum atomic E-state index is 12.5. The molecule has 0 bridgehead atoms. The van der Waals surface area contributed by atoms with Crippen molar-refractivity contribution in [2.75, 3.05) is 37.7 Å². The molecule has 2 aromatic rings. The van der Waals surface area contributed by atoms with Gasteiger partial charge < -0.3 is 14.5 Å². The lowest BCUT2D eigenvalue weighted by Crippen LogP contribution is -2.49. The van der Waals surface area contributed by atoms with Gasteiger partial charge in [-0.15, -0.1) is 0 Å². The average Bonchev–Trinajstić information content (AvgIpc) is 2.68. The molecule has 26 heavy (non-hydrogen) atoms. The van der Waals surface area contributed by atoms with Crippen molar-refractivity contribution < 1.29 is 9.53 Å². The van der Waals surface area contributed by atoms with Gasteiger partial charge in [0.15, 0.2) is 0 Å². The van der Waals surface area contributed by atoms with Gasteiger partial charge in [-0.1, -0.05) is 41.9 Å². The Hall–Kier alpha value is -2.20. The van der Waals surface area contributed by atoms with Gasteiger partial charge in [0.2, 0.25) is 5.91 Å². The fraction of sp³-hybridized carbons (Fsp3) is 0.381. The molecule has 0 spiro atoms. The van der Waals surface area contributed by atoms with Gasteiger partial charge in [0.25, 0.3) is 0 Å². The lowest BCUT2D eigenvalue weighted by molar-refractivity contribution is -0.131. The molecule has 1 fully saturated rings. The molecule has 5 heteroatoms. The highest BCUT2D eigenvalue weighted by Gasteiger charge is 2.22. The van der Waals surface area contributed by atoms with Gasteiger partial charge in [0.05, 0.1) is 12.3 Å². The van der Waals surface area contributed by atoms with Gasteiger partial charge in [0, 0.05) is 37.6 Å². The van der Waals surface area contributed by atoms with E-state index in [0.29, 0.717) is 19.4 Å². The van der Waals surface area contributed by atoms with Crippen LogP contribution in [0.2, 0.25) is 5.02 Å². The van der Waals surface area contributed by atoms with Gasteiger partial charge in [-0.2, -0.15) is 0 Å². The van der Waals surface area contributed by atoms with Crippen molar-refractivity contribution in [3.05, 3.63) is 59.1 Å². The molecule has 138 valence electrons. The van der Waals surface area contributed by atoms with Crippen molar-refractivity contribution in [2.24, 2.45) is 0 Å². The Morgan fingerprint density at radius 1 is 1.04 bits per heavy atom. The normalized spacial score (nSPS) is 14.4. The Morgan fingerprint density at radius 2 is 1.73 bits per heavy atom. The molecule has 4 nitrogen and oxygen atoms in total. The summed E-state index contributed by atoms with van der Waals surface area (Å²) in [6.07, 6.45) is 1.19. The molecule has 1 heterocycles. The first-order chi connectivity index (χ1) is 12.7. The molecule has 3 rings (SSSR count). The van der Waals surface area contributed by atoms with Crippen LogP contribution in [0.15, 0.2) is 48.5 Å². The maximum Gasteiger partial charge on any atom is 0.223 e. The number of amides is 1. The molecule has 0 N–H and O–H groups in total. The highest BCUT2D eigenvalue weighted by Crippen LogP contribution is 2.29. The van der Waals surface area contributed by atoms with Crippen LogP contribution in [0.25, 0.3) is 0 Å². The summed E-state index contributed by atoms with van der Waals surface area (Å²) in [6, 6.07) is 15.8. The Labute approximate surface area is 160 Å². The molecule has 0 aromatic heterocycles. The Kier molecular flexibility index (Phi) is 6.40. The number of aryl methyl sites for hydroxylation is 1. The first-order valence-electron chi connectivity index (χ1n) is 9.17. The third kappa shape index (κ3) is 4.50. The number of piperazine rings is 1. The number of anilines is 1. The maximum absolute atomic E-state index is 12.5. The molecular formula is C21H25ClN2O2. The fourth-order valence-electron chi connectivity index (χ4n) is 3.29. The van der Waals surface area contributed by atoms with E-state index in [2.05, 4.69) is 11.0 Å². The number of benzene rings is 2. The van der Waals surface area contributed by atoms with Crippen LogP contribution in [0, 0.1) is 0 Å². The van der Waals surface area contributed by atoms with Crippen molar-refractivity contribution in [1.82, 2.24) is 4.90 Å². The van der Waals surface area contributed by atoms with E-state index in [0.717, 1.165) is 48.2 Å². The van der Waals surface area contributed by atoms with Gasteiger partial charge in [-0.25, -0.2) is 0 Å². The highest BCUT2D eigenvalue weighted by molar-refractivity contribution is 6.31. The van der Waals surface area contributed by atoms with E-state index in [1.54, 1.807) is 0 Å². The summed E-state index contributed by atoms with van der Waals surface area (Å²) in [5, 5.41) is 0.734. The Balaban J connectivity index is 1.53. The Morgan fingerprint density at radius 3 is 2.46 bits per heavy atom. The Bertz CT molecular complexity index is 742. The van der Waals surface area contributed by atoms with E-state index in [1.165, 1.54) is 0 Å². The van der Waals surface area contributed by atoms with Crippen molar-refractivity contribution in [2.45, 2.75) is 19.8 Å². The number of rotatable bonds is 6. The quantitative estimate of drug-likeness (QED) is 0.767. The largest absolute Gasteiger partial charge is 0.492 e. The monoisotopic (exact) mass is 372 g/mol. The summed E-state index contributed by atoms with van der Waals surface area (Å²) in [7, 11) is 0. The molecule has 1 amide bonds. The minimum atomic E-state index is 0.197. The second kappa shape index (κ2) is 8.95. The summed E-state index contributed by atoms with van der Waals surface area (Å²) in [5.74, 6) is 1.11. The van der Waals surface area contributed by atoms with Gasteiger partial charge in [0.1, 0.15) is 5.75 Å². The van der Waals surface area contributed by atoms with Crippen molar-refractivity contribution in [3.63, 3.8) is 0 Å². The summed E-state index contributed by atoms with van der Waals surface area (Å²) < 4.78 is 5.73. The second-order valence-corrected chi connectivity index (χ2v) is 6.77. The van der Waals surface area contributed by atoms with Crippen LogP contribution in [0.1, 0.15) is 18.9 Å². The molecule has 0 radical (unpaired) electrons. The lowest BCUT2D eigenvalue weighted by Gasteiger charge is -2.36. The topological polar surface area (TPSA) is 32.8 Å². The lowest BCUT2D eigenvalue weighted by atomic mass is 10.1. The number of ether oxygens (including phenoxy) is 1. The highest BCUT2D eigenvalue weighted by atomic mass is 35.5. The summed E-state index contributed by atoms with van der Waals surface area (Å²) >= 11 is 6.18. The summed E-state index contributed by atoms with van der Waals surface area (Å²) in [5.41, 5.74) is 2.14. The molecule has 0 saturated carbocycles. The standard InChI is InChI=1S/C21H25ClN2O2/c1-2-26-20-10-6-5-9-19(20)23-13-15-24(16-14-23)21(25)12-11-17-7-3-4-8-18(17)22/h3-10H,2,11-16H2,1H3. The van der Waals surface area contributed by atoms with E-state index in [1.807, 2.05) is 54.3 Å². The molecular weight excluding hydrogens is 348 g/mol. The van der Waals surface area contributed by atoms with Gasteiger partial charge >= 0.3 is 0 Å². The van der Waals surface area contributed by atoms with Crippen LogP contribution >= 0.6 is 11.6 Å². The van der Waals surface area contributed by atoms with Gasteiger partial charge in [-0.05, 0) is 37.1 Å². The predicted octanol–water partition coefficient (Wildman–Crippen LogP) is 4.02. The van der Waals surface area contributed by atoms with E-state index < -0.39 is 0 Å². The van der Waals surface area contributed by atoms with E-state index in [-0.39, 0.29) is 5.91 Å². The van der Waals surface area contributed by atoms with Crippen molar-refractivity contribution in [1.29, 1.82) is 0 Å². The number of halogens is 1. The SMILES string of the molecule is CCOc1ccccc1N1CCN(C(=O)CCc2ccccc2Cl)CC1. The zero-order chi connectivity index (χ0) is 18.4. The van der Waals surface area contributed by atoms with Crippen molar-refractivity contribution in [3.8, 4) is 5.75 Å². The van der Waals surface area contributed by atoms with Crippen LogP contribution in [-0.4, -0.2) is 43.6 Å². The molecule has 1 aliphatic rings. The second-order valence-electron chi connectivity index (χ2n) is 6.36. The minimum absolute atomic E-state index is 0.197. The van der Waals surface area contributed by atoms with Crippen LogP contribution in [-0.2, 0) is 11.2 Å². The van der Waals surface area contributed by atoms with E-state index in [9.17, 15) is 4.79 Å². The number of carbonyl (C=O) groups is 1. The average molecular weight is 373 g/mol. The third-order valence-corrected chi connectivity index (χ3v) is 5.07. The van der Waals surface area contributed by atoms with Crippen LogP contribution in [0.3, 0.4) is 0 Å². The zero-order valence-corrected chi connectivity index (χ0v) is 15.9. The molecule has 0 atom stereocenters. The zero-order valence-electron chi connectivity index (χ0n) is 15.2. The third-order valence-electron chi connectivity index (χ3n) is 4.70. The van der Waals surface area contributed by atoms with Crippen LogP contribution in [0.4, 0.5) is 5.69 Å². The van der Waals surface area contributed by atoms with E-state index in [4.69, 9.17) is 16.3 Å². The molecule has 1 saturated heterocycles. The van der Waals surface area contributed by atoms with Crippen LogP contribution < -0.4 is 9.64 Å². The van der Waals surface area contributed by atoms with E-state index >= 15 is 0 Å². The smallest absolute Gasteiger partial charge is 0.223 e. The van der Waals surface area contributed by atoms with Gasteiger partial charge in [-0.3, -0.25) is 4.79 Å². The van der Waals surface area contributed by atoms with Crippen molar-refractivity contribution >= 4 is 23.2 Å². The fourth-order valence-corrected chi connectivity index (χ4v) is 3.52. The number of para-hydroxylation sites is 2. The first kappa shape index (κ1) is 18.6. The number of carbonyl (C=O) groups excluding carboxylic acids is 1. The predicted molar refractivity (Wildman–Crippen MR) is 106 cm³/mol. The summed E-state index contributed by atoms with van der Waals surface area (Å²) in [6.45, 7) is 5.76. The molecule has 0 aliphatic carbocycles. The summed E-state index contributed by atoms with van der Waals surface area (Å²) in [4.78, 5) is 16.8. The first-order valence-corrected chi connectivity index (χ1v) is 9.54. The number of hydrogen-bond acceptors (Lipinski definition) is 3.